The molecule has 7 heteroatoms. The molecule has 0 unspecified atom stereocenters. The third kappa shape index (κ3) is 4.67. The van der Waals surface area contributed by atoms with Crippen LogP contribution in [0.2, 0.25) is 5.02 Å². The fourth-order valence-electron chi connectivity index (χ4n) is 2.92. The molecule has 0 fully saturated rings. The molecule has 0 N–H and O–H groups in total. The Morgan fingerprint density at radius 3 is 2.33 bits per heavy atom. The lowest BCUT2D eigenvalue weighted by Gasteiger charge is -2.12. The second-order valence-electron chi connectivity index (χ2n) is 6.47. The molecule has 0 atom stereocenters. The summed E-state index contributed by atoms with van der Waals surface area (Å²) in [6.45, 7) is 0.395. The third-order valence-corrected chi connectivity index (χ3v) is 5.80. The van der Waals surface area contributed by atoms with Crippen LogP contribution in [0.25, 0.3) is 6.08 Å². The predicted molar refractivity (Wildman–Crippen MR) is 125 cm³/mol. The minimum Gasteiger partial charge on any atom is -0.487 e. The van der Waals surface area contributed by atoms with Crippen LogP contribution in [0, 0.1) is 0 Å². The van der Waals surface area contributed by atoms with Gasteiger partial charge in [-0.2, -0.15) is 0 Å². The standard InChI is InChI=1S/C23H14Br2ClNO3/c24-19-11-15(10-18-21(27-30-23(18)28)16-4-2-1-3-5-16)12-20(25)22(19)29-13-14-6-8-17(26)9-7-14/h1-12H,13H2/b18-10-. The van der Waals surface area contributed by atoms with Crippen molar-refractivity contribution in [2.75, 3.05) is 0 Å². The number of benzene rings is 3. The van der Waals surface area contributed by atoms with Crippen LogP contribution in [0.3, 0.4) is 0 Å². The lowest BCUT2D eigenvalue weighted by atomic mass is 10.0. The van der Waals surface area contributed by atoms with E-state index in [1.807, 2.05) is 66.7 Å². The zero-order valence-electron chi connectivity index (χ0n) is 15.4. The Bertz CT molecular complexity index is 1140. The predicted octanol–water partition coefficient (Wildman–Crippen LogP) is 6.79. The zero-order chi connectivity index (χ0) is 21.1. The maximum absolute atomic E-state index is 12.2. The van der Waals surface area contributed by atoms with Gasteiger partial charge in [-0.3, -0.25) is 0 Å². The van der Waals surface area contributed by atoms with Gasteiger partial charge in [0.25, 0.3) is 0 Å². The van der Waals surface area contributed by atoms with Crippen molar-refractivity contribution in [2.24, 2.45) is 5.16 Å². The van der Waals surface area contributed by atoms with Crippen LogP contribution in [0.5, 0.6) is 5.75 Å². The van der Waals surface area contributed by atoms with Crippen LogP contribution in [-0.2, 0) is 16.2 Å². The molecule has 0 saturated heterocycles. The maximum Gasteiger partial charge on any atom is 0.368 e. The van der Waals surface area contributed by atoms with E-state index in [9.17, 15) is 4.79 Å². The molecule has 0 bridgehead atoms. The van der Waals surface area contributed by atoms with Gasteiger partial charge in [0.1, 0.15) is 18.1 Å². The fraction of sp³-hybridized carbons (Fsp3) is 0.0435. The largest absolute Gasteiger partial charge is 0.487 e. The Hall–Kier alpha value is -2.41. The lowest BCUT2D eigenvalue weighted by molar-refractivity contribution is -0.136. The van der Waals surface area contributed by atoms with Crippen LogP contribution in [-0.4, -0.2) is 11.7 Å². The highest BCUT2D eigenvalue weighted by Gasteiger charge is 2.26. The molecule has 3 aromatic carbocycles. The molecule has 4 rings (SSSR count). The molecule has 4 nitrogen and oxygen atoms in total. The second kappa shape index (κ2) is 9.16. The van der Waals surface area contributed by atoms with Crippen molar-refractivity contribution in [3.05, 3.63) is 103 Å². The molecule has 150 valence electrons. The first-order valence-corrected chi connectivity index (χ1v) is 10.9. The Kier molecular flexibility index (Phi) is 6.37. The van der Waals surface area contributed by atoms with Gasteiger partial charge in [-0.05, 0) is 73.3 Å². The van der Waals surface area contributed by atoms with E-state index in [1.165, 1.54) is 0 Å². The van der Waals surface area contributed by atoms with Crippen LogP contribution in [0.15, 0.2) is 86.4 Å². The van der Waals surface area contributed by atoms with Gasteiger partial charge in [0.05, 0.1) is 14.5 Å². The highest BCUT2D eigenvalue weighted by molar-refractivity contribution is 9.11. The SMILES string of the molecule is O=C1ON=C(c2ccccc2)/C1=C/c1cc(Br)c(OCc2ccc(Cl)cc2)c(Br)c1. The lowest BCUT2D eigenvalue weighted by Crippen LogP contribution is -2.06. The first kappa shape index (κ1) is 20.8. The summed E-state index contributed by atoms with van der Waals surface area (Å²) in [6.07, 6.45) is 1.75. The number of nitrogens with zero attached hydrogens (tertiary/aromatic N) is 1. The van der Waals surface area contributed by atoms with Crippen LogP contribution >= 0.6 is 43.5 Å². The molecule has 0 aliphatic carbocycles. The summed E-state index contributed by atoms with van der Waals surface area (Å²) in [5.41, 5.74) is 3.52. The number of hydrogen-bond acceptors (Lipinski definition) is 4. The van der Waals surface area contributed by atoms with Crippen molar-refractivity contribution in [1.29, 1.82) is 0 Å². The summed E-state index contributed by atoms with van der Waals surface area (Å²) >= 11 is 13.0. The van der Waals surface area contributed by atoms with E-state index in [4.69, 9.17) is 21.2 Å². The van der Waals surface area contributed by atoms with E-state index in [0.717, 1.165) is 25.6 Å². The summed E-state index contributed by atoms with van der Waals surface area (Å²) in [5.74, 6) is 0.183. The molecular formula is C23H14Br2ClNO3. The normalized spacial score (nSPS) is 14.6. The van der Waals surface area contributed by atoms with E-state index in [-0.39, 0.29) is 0 Å². The molecule has 3 aromatic rings. The van der Waals surface area contributed by atoms with Gasteiger partial charge in [0.2, 0.25) is 0 Å². The topological polar surface area (TPSA) is 47.9 Å². The van der Waals surface area contributed by atoms with Crippen LogP contribution < -0.4 is 4.74 Å². The fourth-order valence-corrected chi connectivity index (χ4v) is 4.49. The second-order valence-corrected chi connectivity index (χ2v) is 8.62. The van der Waals surface area contributed by atoms with Crippen molar-refractivity contribution < 1.29 is 14.4 Å². The highest BCUT2D eigenvalue weighted by Crippen LogP contribution is 2.36. The number of oxime groups is 1. The number of halogens is 3. The number of carbonyl (C=O) groups excluding carboxylic acids is 1. The summed E-state index contributed by atoms with van der Waals surface area (Å²) in [6, 6.07) is 20.7. The highest BCUT2D eigenvalue weighted by atomic mass is 79.9. The van der Waals surface area contributed by atoms with Gasteiger partial charge in [-0.1, -0.05) is 59.2 Å². The van der Waals surface area contributed by atoms with Gasteiger partial charge in [-0.25, -0.2) is 4.79 Å². The number of ether oxygens (including phenoxy) is 1. The van der Waals surface area contributed by atoms with E-state index in [0.29, 0.717) is 28.7 Å². The van der Waals surface area contributed by atoms with Crippen molar-refractivity contribution in [2.45, 2.75) is 6.61 Å². The van der Waals surface area contributed by atoms with Gasteiger partial charge >= 0.3 is 5.97 Å². The number of rotatable bonds is 5. The zero-order valence-corrected chi connectivity index (χ0v) is 19.4. The minimum atomic E-state index is -0.482. The van der Waals surface area contributed by atoms with E-state index < -0.39 is 5.97 Å². The number of hydrogen-bond donors (Lipinski definition) is 0. The minimum absolute atomic E-state index is 0.395. The smallest absolute Gasteiger partial charge is 0.368 e. The average Bonchev–Trinajstić information content (AvgIpc) is 3.09. The summed E-state index contributed by atoms with van der Waals surface area (Å²) in [4.78, 5) is 17.1. The summed E-state index contributed by atoms with van der Waals surface area (Å²) < 4.78 is 7.46. The van der Waals surface area contributed by atoms with Crippen molar-refractivity contribution in [3.63, 3.8) is 0 Å². The maximum atomic E-state index is 12.2. The Morgan fingerprint density at radius 2 is 1.67 bits per heavy atom. The molecule has 0 aromatic heterocycles. The Balaban J connectivity index is 1.58. The molecule has 0 spiro atoms. The van der Waals surface area contributed by atoms with Gasteiger partial charge in [-0.15, -0.1) is 0 Å². The molecule has 0 saturated carbocycles. The van der Waals surface area contributed by atoms with Crippen molar-refractivity contribution in [1.82, 2.24) is 0 Å². The first-order chi connectivity index (χ1) is 14.5. The van der Waals surface area contributed by atoms with Gasteiger partial charge in [0.15, 0.2) is 0 Å². The monoisotopic (exact) mass is 545 g/mol. The van der Waals surface area contributed by atoms with Gasteiger partial charge in [0, 0.05) is 10.6 Å². The first-order valence-electron chi connectivity index (χ1n) is 8.94. The molecule has 0 amide bonds. The number of carbonyl (C=O) groups is 1. The summed E-state index contributed by atoms with van der Waals surface area (Å²) in [7, 11) is 0. The quantitative estimate of drug-likeness (QED) is 0.261. The van der Waals surface area contributed by atoms with Crippen LogP contribution in [0.4, 0.5) is 0 Å². The van der Waals surface area contributed by atoms with E-state index in [1.54, 1.807) is 6.08 Å². The van der Waals surface area contributed by atoms with E-state index in [2.05, 4.69) is 37.0 Å². The molecule has 30 heavy (non-hydrogen) atoms. The molecule has 0 radical (unpaired) electrons. The molecule has 1 aliphatic heterocycles. The third-order valence-electron chi connectivity index (χ3n) is 4.37. The Labute approximate surface area is 195 Å². The van der Waals surface area contributed by atoms with Crippen molar-refractivity contribution >= 4 is 61.2 Å². The molecule has 1 heterocycles. The summed E-state index contributed by atoms with van der Waals surface area (Å²) in [5, 5.41) is 4.62. The van der Waals surface area contributed by atoms with Crippen LogP contribution in [0.1, 0.15) is 16.7 Å². The van der Waals surface area contributed by atoms with E-state index >= 15 is 0 Å². The molecular weight excluding hydrogens is 534 g/mol. The van der Waals surface area contributed by atoms with Crippen molar-refractivity contribution in [3.8, 4) is 5.75 Å². The Morgan fingerprint density at radius 1 is 1.00 bits per heavy atom. The average molecular weight is 548 g/mol. The van der Waals surface area contributed by atoms with Gasteiger partial charge < -0.3 is 9.57 Å². The molecule has 1 aliphatic rings.